The van der Waals surface area contributed by atoms with Crippen LogP contribution in [-0.2, 0) is 11.2 Å². The van der Waals surface area contributed by atoms with Crippen LogP contribution in [0.4, 0.5) is 8.78 Å². The summed E-state index contributed by atoms with van der Waals surface area (Å²) >= 11 is 0. The van der Waals surface area contributed by atoms with Gasteiger partial charge in [0.15, 0.2) is 0 Å². The number of carboxylic acid groups (broad SMARTS) is 1. The van der Waals surface area contributed by atoms with Crippen LogP contribution in [0.5, 0.6) is 0 Å². The molecule has 0 heterocycles. The first-order valence-electron chi connectivity index (χ1n) is 4.60. The van der Waals surface area contributed by atoms with Crippen molar-refractivity contribution in [3.8, 4) is 0 Å². The number of rotatable bonds is 4. The third kappa shape index (κ3) is 3.31. The van der Waals surface area contributed by atoms with Crippen molar-refractivity contribution in [3.63, 3.8) is 0 Å². The Hall–Kier alpha value is -1.45. The van der Waals surface area contributed by atoms with Gasteiger partial charge in [-0.25, -0.2) is 8.78 Å². The lowest BCUT2D eigenvalue weighted by Gasteiger charge is -2.06. The summed E-state index contributed by atoms with van der Waals surface area (Å²) in [5, 5.41) is 8.67. The van der Waals surface area contributed by atoms with Crippen molar-refractivity contribution in [2.75, 3.05) is 0 Å². The minimum Gasteiger partial charge on any atom is -0.481 e. The second-order valence-electron chi connectivity index (χ2n) is 3.49. The third-order valence-electron chi connectivity index (χ3n) is 2.20. The van der Waals surface area contributed by atoms with Crippen molar-refractivity contribution >= 4 is 5.97 Å². The molecule has 1 aromatic rings. The molecule has 0 aliphatic rings. The molecule has 0 aliphatic carbocycles. The molecule has 0 saturated carbocycles. The Morgan fingerprint density at radius 1 is 1.33 bits per heavy atom. The Morgan fingerprint density at radius 2 is 1.87 bits per heavy atom. The van der Waals surface area contributed by atoms with E-state index >= 15 is 0 Å². The van der Waals surface area contributed by atoms with Crippen molar-refractivity contribution in [1.82, 2.24) is 0 Å². The van der Waals surface area contributed by atoms with E-state index in [4.69, 9.17) is 5.11 Å². The number of aliphatic carboxylic acids is 1. The van der Waals surface area contributed by atoms with E-state index in [1.807, 2.05) is 0 Å². The Labute approximate surface area is 86.5 Å². The van der Waals surface area contributed by atoms with E-state index in [0.717, 1.165) is 5.56 Å². The van der Waals surface area contributed by atoms with E-state index in [1.54, 1.807) is 19.1 Å². The summed E-state index contributed by atoms with van der Waals surface area (Å²) in [4.78, 5) is 10.6. The molecule has 0 aromatic heterocycles. The second-order valence-corrected chi connectivity index (χ2v) is 3.49. The normalized spacial score (nSPS) is 12.8. The van der Waals surface area contributed by atoms with E-state index in [1.165, 1.54) is 12.1 Å². The predicted molar refractivity (Wildman–Crippen MR) is 51.9 cm³/mol. The van der Waals surface area contributed by atoms with Gasteiger partial charge in [0.1, 0.15) is 0 Å². The molecule has 1 aromatic carbocycles. The quantitative estimate of drug-likeness (QED) is 0.836. The summed E-state index contributed by atoms with van der Waals surface area (Å²) in [6.07, 6.45) is -2.12. The van der Waals surface area contributed by atoms with E-state index in [0.29, 0.717) is 6.42 Å². The van der Waals surface area contributed by atoms with Crippen molar-refractivity contribution in [3.05, 3.63) is 35.4 Å². The third-order valence-corrected chi connectivity index (χ3v) is 2.20. The first-order valence-corrected chi connectivity index (χ1v) is 4.60. The fourth-order valence-corrected chi connectivity index (χ4v) is 1.24. The van der Waals surface area contributed by atoms with Crippen LogP contribution in [0.3, 0.4) is 0 Å². The maximum Gasteiger partial charge on any atom is 0.306 e. The van der Waals surface area contributed by atoms with Gasteiger partial charge < -0.3 is 5.11 Å². The lowest BCUT2D eigenvalue weighted by molar-refractivity contribution is -0.141. The minimum absolute atomic E-state index is 0.0401. The molecule has 1 atom stereocenters. The first-order chi connectivity index (χ1) is 7.00. The van der Waals surface area contributed by atoms with Crippen molar-refractivity contribution in [1.29, 1.82) is 0 Å². The lowest BCUT2D eigenvalue weighted by atomic mass is 10.0. The monoisotopic (exact) mass is 214 g/mol. The summed E-state index contributed by atoms with van der Waals surface area (Å²) in [5.74, 6) is -1.38. The highest BCUT2D eigenvalue weighted by Gasteiger charge is 2.12. The van der Waals surface area contributed by atoms with Crippen LogP contribution in [0.25, 0.3) is 0 Å². The zero-order chi connectivity index (χ0) is 11.4. The van der Waals surface area contributed by atoms with Gasteiger partial charge in [-0.15, -0.1) is 0 Å². The van der Waals surface area contributed by atoms with E-state index in [9.17, 15) is 13.6 Å². The Morgan fingerprint density at radius 3 is 2.27 bits per heavy atom. The summed E-state index contributed by atoms with van der Waals surface area (Å²) in [6.45, 7) is 1.59. The molecule has 0 amide bonds. The smallest absolute Gasteiger partial charge is 0.306 e. The molecule has 1 N–H and O–H groups in total. The van der Waals surface area contributed by atoms with Crippen molar-refractivity contribution in [2.24, 2.45) is 5.92 Å². The number of hydrogen-bond acceptors (Lipinski definition) is 1. The summed E-state index contributed by atoms with van der Waals surface area (Å²) in [7, 11) is 0. The van der Waals surface area contributed by atoms with Gasteiger partial charge in [-0.1, -0.05) is 31.2 Å². The summed E-state index contributed by atoms with van der Waals surface area (Å²) in [5.41, 5.74) is 0.719. The van der Waals surface area contributed by atoms with E-state index < -0.39 is 18.3 Å². The standard InChI is InChI=1S/C11H12F2O2/c1-7(11(14)15)6-8-2-4-9(5-3-8)10(12)13/h2-5,7,10H,6H2,1H3,(H,14,15)/t7-/m0/s1. The van der Waals surface area contributed by atoms with Gasteiger partial charge in [-0.05, 0) is 12.0 Å². The van der Waals surface area contributed by atoms with Crippen LogP contribution in [0, 0.1) is 5.92 Å². The molecule has 2 nitrogen and oxygen atoms in total. The van der Waals surface area contributed by atoms with Crippen molar-refractivity contribution < 1.29 is 18.7 Å². The lowest BCUT2D eigenvalue weighted by Crippen LogP contribution is -2.12. The second kappa shape index (κ2) is 4.87. The maximum absolute atomic E-state index is 12.2. The van der Waals surface area contributed by atoms with E-state index in [-0.39, 0.29) is 5.56 Å². The number of benzene rings is 1. The zero-order valence-corrected chi connectivity index (χ0v) is 8.28. The van der Waals surface area contributed by atoms with Crippen LogP contribution in [0.2, 0.25) is 0 Å². The van der Waals surface area contributed by atoms with Crippen LogP contribution in [-0.4, -0.2) is 11.1 Å². The van der Waals surface area contributed by atoms with Gasteiger partial charge in [0.05, 0.1) is 5.92 Å². The van der Waals surface area contributed by atoms with Gasteiger partial charge >= 0.3 is 5.97 Å². The maximum atomic E-state index is 12.2. The number of carboxylic acids is 1. The fraction of sp³-hybridized carbons (Fsp3) is 0.364. The first kappa shape index (κ1) is 11.6. The number of halogens is 2. The molecule has 15 heavy (non-hydrogen) atoms. The Bertz CT molecular complexity index is 333. The van der Waals surface area contributed by atoms with Gasteiger partial charge in [-0.2, -0.15) is 0 Å². The van der Waals surface area contributed by atoms with Gasteiger partial charge in [0, 0.05) is 5.56 Å². The summed E-state index contributed by atoms with van der Waals surface area (Å²) < 4.78 is 24.4. The molecule has 1 rings (SSSR count). The average Bonchev–Trinajstić information content (AvgIpc) is 2.18. The topological polar surface area (TPSA) is 37.3 Å². The SMILES string of the molecule is C[C@@H](Cc1ccc(C(F)F)cc1)C(=O)O. The van der Waals surface area contributed by atoms with Crippen molar-refractivity contribution in [2.45, 2.75) is 19.8 Å². The molecule has 0 unspecified atom stereocenters. The molecule has 0 saturated heterocycles. The summed E-state index contributed by atoms with van der Waals surface area (Å²) in [6, 6.07) is 5.74. The highest BCUT2D eigenvalue weighted by Crippen LogP contribution is 2.19. The zero-order valence-electron chi connectivity index (χ0n) is 8.28. The highest BCUT2D eigenvalue weighted by atomic mass is 19.3. The van der Waals surface area contributed by atoms with Gasteiger partial charge in [0.25, 0.3) is 6.43 Å². The Kier molecular flexibility index (Phi) is 3.77. The molecule has 0 spiro atoms. The molecular weight excluding hydrogens is 202 g/mol. The fourth-order valence-electron chi connectivity index (χ4n) is 1.24. The molecule has 82 valence electrons. The molecule has 0 fully saturated rings. The predicted octanol–water partition coefficient (Wildman–Crippen LogP) is 2.89. The molecule has 0 bridgehead atoms. The Balaban J connectivity index is 2.68. The molecular formula is C11H12F2O2. The van der Waals surface area contributed by atoms with E-state index in [2.05, 4.69) is 0 Å². The number of carbonyl (C=O) groups is 1. The largest absolute Gasteiger partial charge is 0.481 e. The van der Waals surface area contributed by atoms with Crippen LogP contribution in [0.1, 0.15) is 24.5 Å². The minimum atomic E-state index is -2.48. The average molecular weight is 214 g/mol. The van der Waals surface area contributed by atoms with Crippen LogP contribution >= 0.6 is 0 Å². The highest BCUT2D eigenvalue weighted by molar-refractivity contribution is 5.69. The molecule has 0 radical (unpaired) electrons. The van der Waals surface area contributed by atoms with Crippen LogP contribution in [0.15, 0.2) is 24.3 Å². The van der Waals surface area contributed by atoms with Crippen LogP contribution < -0.4 is 0 Å². The number of hydrogen-bond donors (Lipinski definition) is 1. The molecule has 4 heteroatoms. The van der Waals surface area contributed by atoms with Gasteiger partial charge in [0.2, 0.25) is 0 Å². The van der Waals surface area contributed by atoms with Gasteiger partial charge in [-0.3, -0.25) is 4.79 Å². The molecule has 0 aliphatic heterocycles. The number of alkyl halides is 2.